The van der Waals surface area contributed by atoms with Crippen molar-refractivity contribution in [1.29, 1.82) is 5.26 Å². The third-order valence-electron chi connectivity index (χ3n) is 3.98. The van der Waals surface area contributed by atoms with Gasteiger partial charge in [0, 0.05) is 5.69 Å². The van der Waals surface area contributed by atoms with Crippen LogP contribution >= 0.6 is 11.3 Å². The van der Waals surface area contributed by atoms with Crippen LogP contribution < -0.4 is 11.1 Å². The van der Waals surface area contributed by atoms with Crippen molar-refractivity contribution in [2.45, 2.75) is 13.8 Å². The first-order valence-electron chi connectivity index (χ1n) is 8.05. The number of fused-ring (bicyclic) bond motifs is 1. The summed E-state index contributed by atoms with van der Waals surface area (Å²) in [5.41, 5.74) is 10.5. The Kier molecular flexibility index (Phi) is 3.82. The lowest BCUT2D eigenvalue weighted by Gasteiger charge is -2.06. The molecule has 128 valence electrons. The van der Waals surface area contributed by atoms with E-state index in [1.54, 1.807) is 0 Å². The fraction of sp³-hybridized carbons (Fsp3) is 0.105. The van der Waals surface area contributed by atoms with Crippen LogP contribution in [0.3, 0.4) is 0 Å². The molecule has 0 aliphatic heterocycles. The summed E-state index contributed by atoms with van der Waals surface area (Å²) < 4.78 is 2.56. The predicted molar refractivity (Wildman–Crippen MR) is 105 cm³/mol. The molecule has 6 nitrogen and oxygen atoms in total. The first kappa shape index (κ1) is 16.1. The number of nitriles is 1. The Morgan fingerprint density at radius 3 is 2.58 bits per heavy atom. The number of para-hydroxylation sites is 1. The SMILES string of the molecule is Cc1cc(C)cc(Nc2nn(-c3nc4ccccc4s3)c(N)c2C#N)c1. The maximum Gasteiger partial charge on any atom is 0.213 e. The van der Waals surface area contributed by atoms with E-state index in [4.69, 9.17) is 5.73 Å². The average Bonchev–Trinajstić information content (AvgIpc) is 3.14. The average molecular weight is 360 g/mol. The highest BCUT2D eigenvalue weighted by Crippen LogP contribution is 2.31. The Balaban J connectivity index is 1.79. The zero-order valence-corrected chi connectivity index (χ0v) is 15.1. The van der Waals surface area contributed by atoms with Crippen LogP contribution in [0.1, 0.15) is 16.7 Å². The van der Waals surface area contributed by atoms with Gasteiger partial charge in [-0.25, -0.2) is 4.98 Å². The van der Waals surface area contributed by atoms with Gasteiger partial charge in [-0.1, -0.05) is 29.5 Å². The zero-order chi connectivity index (χ0) is 18.3. The number of nitrogens with two attached hydrogens (primary N) is 1. The Hall–Kier alpha value is -3.37. The first-order chi connectivity index (χ1) is 12.5. The van der Waals surface area contributed by atoms with Crippen molar-refractivity contribution in [3.8, 4) is 11.2 Å². The van der Waals surface area contributed by atoms with Gasteiger partial charge in [-0.05, 0) is 49.2 Å². The van der Waals surface area contributed by atoms with Crippen molar-refractivity contribution in [2.24, 2.45) is 0 Å². The van der Waals surface area contributed by atoms with Gasteiger partial charge < -0.3 is 11.1 Å². The number of aromatic nitrogens is 3. The number of hydrogen-bond donors (Lipinski definition) is 2. The summed E-state index contributed by atoms with van der Waals surface area (Å²) in [6, 6.07) is 16.1. The van der Waals surface area contributed by atoms with Crippen LogP contribution in [0.5, 0.6) is 0 Å². The van der Waals surface area contributed by atoms with Gasteiger partial charge in [0.25, 0.3) is 0 Å². The topological polar surface area (TPSA) is 92.6 Å². The summed E-state index contributed by atoms with van der Waals surface area (Å²) in [5.74, 6) is 0.702. The van der Waals surface area contributed by atoms with Crippen LogP contribution in [-0.4, -0.2) is 14.8 Å². The summed E-state index contributed by atoms with van der Waals surface area (Å²) in [6.07, 6.45) is 0. The lowest BCUT2D eigenvalue weighted by molar-refractivity contribution is 0.887. The van der Waals surface area contributed by atoms with Crippen molar-refractivity contribution in [2.75, 3.05) is 11.1 Å². The van der Waals surface area contributed by atoms with E-state index in [-0.39, 0.29) is 5.82 Å². The number of nitrogens with zero attached hydrogens (tertiary/aromatic N) is 4. The van der Waals surface area contributed by atoms with Gasteiger partial charge in [0.1, 0.15) is 17.5 Å². The third kappa shape index (κ3) is 2.76. The van der Waals surface area contributed by atoms with Crippen molar-refractivity contribution < 1.29 is 0 Å². The van der Waals surface area contributed by atoms with Crippen molar-refractivity contribution in [3.63, 3.8) is 0 Å². The second-order valence-electron chi connectivity index (χ2n) is 6.10. The van der Waals surface area contributed by atoms with E-state index < -0.39 is 0 Å². The van der Waals surface area contributed by atoms with Crippen LogP contribution in [0.15, 0.2) is 42.5 Å². The molecule has 0 bridgehead atoms. The van der Waals surface area contributed by atoms with E-state index in [1.165, 1.54) is 16.0 Å². The van der Waals surface area contributed by atoms with E-state index in [9.17, 15) is 5.26 Å². The van der Waals surface area contributed by atoms with E-state index >= 15 is 0 Å². The number of hydrogen-bond acceptors (Lipinski definition) is 6. The Morgan fingerprint density at radius 2 is 1.88 bits per heavy atom. The fourth-order valence-corrected chi connectivity index (χ4v) is 3.84. The maximum atomic E-state index is 9.55. The summed E-state index contributed by atoms with van der Waals surface area (Å²) in [5, 5.41) is 17.9. The number of nitrogens with one attached hydrogen (secondary N) is 1. The molecular formula is C19H16N6S. The maximum absolute atomic E-state index is 9.55. The molecule has 2 aromatic carbocycles. The summed E-state index contributed by atoms with van der Waals surface area (Å²) in [4.78, 5) is 4.57. The molecule has 26 heavy (non-hydrogen) atoms. The van der Waals surface area contributed by atoms with Crippen LogP contribution in [0.2, 0.25) is 0 Å². The molecule has 0 fully saturated rings. The smallest absolute Gasteiger partial charge is 0.213 e. The molecule has 0 unspecified atom stereocenters. The number of benzene rings is 2. The molecule has 2 aromatic heterocycles. The highest BCUT2D eigenvalue weighted by atomic mass is 32.1. The summed E-state index contributed by atoms with van der Waals surface area (Å²) >= 11 is 1.48. The monoisotopic (exact) mass is 360 g/mol. The second kappa shape index (κ2) is 6.17. The number of aryl methyl sites for hydroxylation is 2. The lowest BCUT2D eigenvalue weighted by atomic mass is 10.1. The fourth-order valence-electron chi connectivity index (χ4n) is 2.91. The highest BCUT2D eigenvalue weighted by molar-refractivity contribution is 7.20. The van der Waals surface area contributed by atoms with Crippen LogP contribution in [0.4, 0.5) is 17.3 Å². The molecule has 0 aliphatic rings. The lowest BCUT2D eigenvalue weighted by Crippen LogP contribution is -2.01. The Bertz CT molecular complexity index is 1110. The number of nitrogen functional groups attached to an aromatic ring is 1. The number of rotatable bonds is 3. The minimum atomic E-state index is 0.276. The van der Waals surface area contributed by atoms with Crippen LogP contribution in [-0.2, 0) is 0 Å². The van der Waals surface area contributed by atoms with Gasteiger partial charge in [0.15, 0.2) is 5.82 Å². The number of anilines is 3. The molecule has 0 saturated carbocycles. The van der Waals surface area contributed by atoms with E-state index in [0.29, 0.717) is 16.5 Å². The van der Waals surface area contributed by atoms with Crippen molar-refractivity contribution >= 4 is 38.9 Å². The van der Waals surface area contributed by atoms with E-state index in [2.05, 4.69) is 27.5 Å². The number of thiazole rings is 1. The first-order valence-corrected chi connectivity index (χ1v) is 8.86. The minimum absolute atomic E-state index is 0.276. The summed E-state index contributed by atoms with van der Waals surface area (Å²) in [6.45, 7) is 4.05. The van der Waals surface area contributed by atoms with Gasteiger partial charge in [-0.3, -0.25) is 0 Å². The zero-order valence-electron chi connectivity index (χ0n) is 14.3. The molecular weight excluding hydrogens is 344 g/mol. The standard InChI is InChI=1S/C19H16N6S/c1-11-7-12(2)9-13(8-11)22-18-14(10-20)17(21)25(24-18)19-23-15-5-3-4-6-16(15)26-19/h3-9H,21H2,1-2H3,(H,22,24). The van der Waals surface area contributed by atoms with Gasteiger partial charge in [0.05, 0.1) is 10.2 Å². The predicted octanol–water partition coefficient (Wildman–Crippen LogP) is 4.30. The largest absolute Gasteiger partial charge is 0.382 e. The molecule has 0 amide bonds. The molecule has 0 radical (unpaired) electrons. The van der Waals surface area contributed by atoms with Gasteiger partial charge >= 0.3 is 0 Å². The second-order valence-corrected chi connectivity index (χ2v) is 7.11. The van der Waals surface area contributed by atoms with E-state index in [0.717, 1.165) is 27.0 Å². The van der Waals surface area contributed by atoms with Crippen molar-refractivity contribution in [3.05, 3.63) is 59.2 Å². The van der Waals surface area contributed by atoms with Crippen LogP contribution in [0, 0.1) is 25.2 Å². The van der Waals surface area contributed by atoms with Crippen LogP contribution in [0.25, 0.3) is 15.3 Å². The van der Waals surface area contributed by atoms with Crippen molar-refractivity contribution in [1.82, 2.24) is 14.8 Å². The normalized spacial score (nSPS) is 10.8. The molecule has 0 spiro atoms. The molecule has 7 heteroatoms. The molecule has 3 N–H and O–H groups in total. The minimum Gasteiger partial charge on any atom is -0.382 e. The van der Waals surface area contributed by atoms with E-state index in [1.807, 2.05) is 50.2 Å². The molecule has 4 aromatic rings. The third-order valence-corrected chi connectivity index (χ3v) is 4.99. The van der Waals surface area contributed by atoms with Gasteiger partial charge in [-0.2, -0.15) is 9.94 Å². The Morgan fingerprint density at radius 1 is 1.15 bits per heavy atom. The summed E-state index contributed by atoms with van der Waals surface area (Å²) in [7, 11) is 0. The highest BCUT2D eigenvalue weighted by Gasteiger charge is 2.19. The van der Waals surface area contributed by atoms with Gasteiger partial charge in [0.2, 0.25) is 5.13 Å². The van der Waals surface area contributed by atoms with Gasteiger partial charge in [-0.15, -0.1) is 5.10 Å². The Labute approximate surface area is 154 Å². The molecule has 4 rings (SSSR count). The molecule has 0 atom stereocenters. The quantitative estimate of drug-likeness (QED) is 0.568. The molecule has 0 saturated heterocycles. The molecule has 0 aliphatic carbocycles. The molecule has 2 heterocycles.